The SMILES string of the molecule is S=c1sc(I)nc2ccccc12. The van der Waals surface area contributed by atoms with Gasteiger partial charge in [0.25, 0.3) is 0 Å². The predicted molar refractivity (Wildman–Crippen MR) is 63.2 cm³/mol. The number of nitrogens with zero attached hydrogens (tertiary/aromatic N) is 1. The third-order valence-corrected chi connectivity index (χ3v) is 3.55. The molecule has 0 aliphatic carbocycles. The Kier molecular flexibility index (Phi) is 2.38. The second-order valence-corrected chi connectivity index (χ2v) is 5.69. The molecule has 0 saturated heterocycles. The molecule has 1 aromatic carbocycles. The van der Waals surface area contributed by atoms with Gasteiger partial charge in [-0.15, -0.1) is 0 Å². The molecule has 0 spiro atoms. The van der Waals surface area contributed by atoms with Crippen molar-refractivity contribution in [2.45, 2.75) is 0 Å². The quantitative estimate of drug-likeness (QED) is 0.544. The third kappa shape index (κ3) is 1.51. The van der Waals surface area contributed by atoms with Crippen LogP contribution in [0.25, 0.3) is 10.9 Å². The molecule has 1 nitrogen and oxygen atoms in total. The fourth-order valence-electron chi connectivity index (χ4n) is 0.993. The Bertz CT molecular complexity index is 478. The second kappa shape index (κ2) is 3.35. The molecular formula is C8H4INS2. The lowest BCUT2D eigenvalue weighted by molar-refractivity contribution is 1.42. The van der Waals surface area contributed by atoms with Gasteiger partial charge in [-0.2, -0.15) is 0 Å². The van der Waals surface area contributed by atoms with Gasteiger partial charge in [-0.3, -0.25) is 0 Å². The van der Waals surface area contributed by atoms with Gasteiger partial charge in [0.15, 0.2) is 3.01 Å². The van der Waals surface area contributed by atoms with E-state index >= 15 is 0 Å². The van der Waals surface area contributed by atoms with Gasteiger partial charge in [-0.25, -0.2) is 4.98 Å². The minimum absolute atomic E-state index is 0.921. The molecule has 0 amide bonds. The van der Waals surface area contributed by atoms with Gasteiger partial charge in [0.2, 0.25) is 0 Å². The summed E-state index contributed by atoms with van der Waals surface area (Å²) in [6.07, 6.45) is 0. The van der Waals surface area contributed by atoms with Crippen molar-refractivity contribution < 1.29 is 0 Å². The summed E-state index contributed by atoms with van der Waals surface area (Å²) in [6, 6.07) is 7.96. The maximum absolute atomic E-state index is 5.21. The maximum Gasteiger partial charge on any atom is 0.155 e. The number of halogens is 1. The fraction of sp³-hybridized carbons (Fsp3) is 0. The van der Waals surface area contributed by atoms with Crippen molar-refractivity contribution in [3.05, 3.63) is 31.1 Å². The highest BCUT2D eigenvalue weighted by atomic mass is 127. The van der Waals surface area contributed by atoms with Crippen molar-refractivity contribution >= 4 is 57.0 Å². The van der Waals surface area contributed by atoms with Crippen LogP contribution in [0.1, 0.15) is 0 Å². The van der Waals surface area contributed by atoms with Crippen LogP contribution in [-0.2, 0) is 0 Å². The van der Waals surface area contributed by atoms with Crippen LogP contribution in [0, 0.1) is 6.84 Å². The molecule has 0 fully saturated rings. The number of hydrogen-bond donors (Lipinski definition) is 0. The summed E-state index contributed by atoms with van der Waals surface area (Å²) < 4.78 is 1.92. The van der Waals surface area contributed by atoms with E-state index in [1.807, 2.05) is 24.3 Å². The first kappa shape index (κ1) is 8.52. The molecule has 2 rings (SSSR count). The summed E-state index contributed by atoms with van der Waals surface area (Å²) >= 11 is 8.96. The van der Waals surface area contributed by atoms with Crippen molar-refractivity contribution in [3.63, 3.8) is 0 Å². The molecule has 60 valence electrons. The molecule has 0 saturated carbocycles. The Hall–Kier alpha value is -0.0700. The first-order valence-corrected chi connectivity index (χ1v) is 5.63. The molecule has 0 atom stereocenters. The zero-order valence-electron chi connectivity index (χ0n) is 5.95. The molecule has 0 N–H and O–H groups in total. The van der Waals surface area contributed by atoms with Crippen LogP contribution in [-0.4, -0.2) is 4.98 Å². The number of hydrogen-bond acceptors (Lipinski definition) is 3. The highest BCUT2D eigenvalue weighted by Crippen LogP contribution is 2.19. The van der Waals surface area contributed by atoms with E-state index in [1.165, 1.54) is 0 Å². The molecule has 0 radical (unpaired) electrons. The summed E-state index contributed by atoms with van der Waals surface area (Å²) in [5.41, 5.74) is 0.991. The van der Waals surface area contributed by atoms with Crippen molar-refractivity contribution in [1.82, 2.24) is 4.98 Å². The standard InChI is InChI=1S/C8H4INS2/c9-8-10-6-4-2-1-3-5(6)7(11)12-8/h1-4H. The topological polar surface area (TPSA) is 12.9 Å². The molecule has 4 heteroatoms. The summed E-state index contributed by atoms with van der Waals surface area (Å²) in [5, 5.41) is 1.08. The van der Waals surface area contributed by atoms with Crippen molar-refractivity contribution in [1.29, 1.82) is 0 Å². The van der Waals surface area contributed by atoms with Crippen molar-refractivity contribution in [2.75, 3.05) is 0 Å². The molecule has 0 aliphatic heterocycles. The van der Waals surface area contributed by atoms with Gasteiger partial charge in [0, 0.05) is 5.39 Å². The Morgan fingerprint density at radius 2 is 2.08 bits per heavy atom. The lowest BCUT2D eigenvalue weighted by Gasteiger charge is -1.95. The number of fused-ring (bicyclic) bond motifs is 1. The number of para-hydroxylation sites is 1. The van der Waals surface area contributed by atoms with Gasteiger partial charge >= 0.3 is 0 Å². The molecular weight excluding hydrogens is 301 g/mol. The van der Waals surface area contributed by atoms with E-state index in [1.54, 1.807) is 11.3 Å². The van der Waals surface area contributed by atoms with Gasteiger partial charge < -0.3 is 0 Å². The van der Waals surface area contributed by atoms with Crippen LogP contribution >= 0.6 is 46.1 Å². The molecule has 1 heterocycles. The molecule has 1 aromatic heterocycles. The molecule has 2 aromatic rings. The number of rotatable bonds is 0. The molecule has 0 bridgehead atoms. The van der Waals surface area contributed by atoms with Crippen molar-refractivity contribution in [2.24, 2.45) is 0 Å². The van der Waals surface area contributed by atoms with Crippen molar-refractivity contribution in [3.8, 4) is 0 Å². The van der Waals surface area contributed by atoms with Crippen LogP contribution in [0.2, 0.25) is 0 Å². The highest BCUT2D eigenvalue weighted by Gasteiger charge is 1.97. The van der Waals surface area contributed by atoms with Gasteiger partial charge in [0.1, 0.15) is 3.82 Å². The van der Waals surface area contributed by atoms with Crippen LogP contribution in [0.5, 0.6) is 0 Å². The zero-order chi connectivity index (χ0) is 8.55. The molecule has 0 unspecified atom stereocenters. The van der Waals surface area contributed by atoms with Gasteiger partial charge in [-0.05, 0) is 28.7 Å². The number of aromatic nitrogens is 1. The summed E-state index contributed by atoms with van der Waals surface area (Å²) in [7, 11) is 0. The first-order chi connectivity index (χ1) is 5.77. The lowest BCUT2D eigenvalue weighted by atomic mass is 10.3. The van der Waals surface area contributed by atoms with Gasteiger partial charge in [-0.1, -0.05) is 41.8 Å². The van der Waals surface area contributed by atoms with E-state index in [0.717, 1.165) is 17.7 Å². The van der Waals surface area contributed by atoms with Crippen LogP contribution in [0.4, 0.5) is 0 Å². The second-order valence-electron chi connectivity index (χ2n) is 2.27. The molecule has 0 aliphatic rings. The van der Waals surface area contributed by atoms with Crippen LogP contribution in [0.15, 0.2) is 24.3 Å². The maximum atomic E-state index is 5.21. The predicted octanol–water partition coefficient (Wildman–Crippen LogP) is 3.63. The zero-order valence-corrected chi connectivity index (χ0v) is 9.74. The van der Waals surface area contributed by atoms with E-state index in [4.69, 9.17) is 12.2 Å². The Labute approximate surface area is 92.6 Å². The van der Waals surface area contributed by atoms with Crippen LogP contribution in [0.3, 0.4) is 0 Å². The highest BCUT2D eigenvalue weighted by molar-refractivity contribution is 14.1. The first-order valence-electron chi connectivity index (χ1n) is 3.33. The third-order valence-electron chi connectivity index (χ3n) is 1.51. The van der Waals surface area contributed by atoms with E-state index in [9.17, 15) is 0 Å². The Morgan fingerprint density at radius 1 is 1.33 bits per heavy atom. The minimum Gasteiger partial charge on any atom is -0.231 e. The van der Waals surface area contributed by atoms with E-state index in [0.29, 0.717) is 0 Å². The Balaban J connectivity index is 2.99. The normalized spacial score (nSPS) is 10.4. The molecule has 12 heavy (non-hydrogen) atoms. The lowest BCUT2D eigenvalue weighted by Crippen LogP contribution is -1.79. The average Bonchev–Trinajstić information content (AvgIpc) is 2.04. The fourth-order valence-corrected chi connectivity index (χ4v) is 3.35. The monoisotopic (exact) mass is 305 g/mol. The largest absolute Gasteiger partial charge is 0.231 e. The summed E-state index contributed by atoms with van der Waals surface area (Å²) in [6.45, 7) is 0. The summed E-state index contributed by atoms with van der Waals surface area (Å²) in [4.78, 5) is 4.38. The minimum atomic E-state index is 0.921. The van der Waals surface area contributed by atoms with Gasteiger partial charge in [0.05, 0.1) is 5.52 Å². The smallest absolute Gasteiger partial charge is 0.155 e. The van der Waals surface area contributed by atoms with Crippen LogP contribution < -0.4 is 0 Å². The van der Waals surface area contributed by atoms with E-state index in [-0.39, 0.29) is 0 Å². The van der Waals surface area contributed by atoms with E-state index < -0.39 is 0 Å². The average molecular weight is 305 g/mol. The number of benzene rings is 1. The van der Waals surface area contributed by atoms with E-state index in [2.05, 4.69) is 27.6 Å². The summed E-state index contributed by atoms with van der Waals surface area (Å²) in [5.74, 6) is 0. The Morgan fingerprint density at radius 3 is 2.92 bits per heavy atom.